The van der Waals surface area contributed by atoms with Crippen molar-refractivity contribution in [3.05, 3.63) is 54.5 Å². The highest BCUT2D eigenvalue weighted by atomic mass is 32.2. The van der Waals surface area contributed by atoms with Gasteiger partial charge in [-0.3, -0.25) is 9.52 Å². The summed E-state index contributed by atoms with van der Waals surface area (Å²) >= 11 is 0. The van der Waals surface area contributed by atoms with Crippen molar-refractivity contribution in [2.45, 2.75) is 20.0 Å². The van der Waals surface area contributed by atoms with E-state index in [1.807, 2.05) is 13.8 Å². The Bertz CT molecular complexity index is 1060. The van der Waals surface area contributed by atoms with Gasteiger partial charge in [-0.2, -0.15) is 5.10 Å². The number of aromatic nitrogens is 3. The van der Waals surface area contributed by atoms with Crippen molar-refractivity contribution in [2.24, 2.45) is 0 Å². The first-order chi connectivity index (χ1) is 13.3. The maximum Gasteiger partial charge on any atom is 0.252 e. The van der Waals surface area contributed by atoms with E-state index in [-0.39, 0.29) is 18.4 Å². The molecule has 10 heteroatoms. The minimum atomic E-state index is -3.61. The van der Waals surface area contributed by atoms with E-state index in [0.29, 0.717) is 17.1 Å². The highest BCUT2D eigenvalue weighted by Gasteiger charge is 2.13. The fourth-order valence-corrected chi connectivity index (χ4v) is 3.40. The van der Waals surface area contributed by atoms with Crippen LogP contribution in [0.2, 0.25) is 0 Å². The number of carbonyl (C=O) groups is 1. The van der Waals surface area contributed by atoms with E-state index >= 15 is 0 Å². The SMILES string of the molecule is CC(C)Oc1ccc(C(=O)NCCS(=O)(=O)Nc2ccn3nccc3c2)cn1. The molecule has 0 spiro atoms. The fraction of sp³-hybridized carbons (Fsp3) is 0.278. The van der Waals surface area contributed by atoms with Crippen LogP contribution in [0.3, 0.4) is 0 Å². The molecule has 0 radical (unpaired) electrons. The van der Waals surface area contributed by atoms with Crippen LogP contribution >= 0.6 is 0 Å². The van der Waals surface area contributed by atoms with Gasteiger partial charge in [0.25, 0.3) is 5.91 Å². The number of carbonyl (C=O) groups excluding carboxylic acids is 1. The summed E-state index contributed by atoms with van der Waals surface area (Å²) in [5.41, 5.74) is 1.53. The molecule has 0 unspecified atom stereocenters. The van der Waals surface area contributed by atoms with E-state index in [2.05, 4.69) is 20.1 Å². The van der Waals surface area contributed by atoms with Crippen molar-refractivity contribution in [2.75, 3.05) is 17.0 Å². The molecule has 2 N–H and O–H groups in total. The number of nitrogens with one attached hydrogen (secondary N) is 2. The van der Waals surface area contributed by atoms with Gasteiger partial charge in [0.1, 0.15) is 0 Å². The number of pyridine rings is 2. The molecule has 3 aromatic rings. The predicted octanol–water partition coefficient (Wildman–Crippen LogP) is 1.69. The predicted molar refractivity (Wildman–Crippen MR) is 105 cm³/mol. The summed E-state index contributed by atoms with van der Waals surface area (Å²) in [5, 5.41) is 6.63. The van der Waals surface area contributed by atoms with Crippen LogP contribution in [0.25, 0.3) is 5.52 Å². The molecule has 0 aliphatic rings. The molecule has 3 aromatic heterocycles. The summed E-state index contributed by atoms with van der Waals surface area (Å²) in [7, 11) is -3.61. The third-order valence-electron chi connectivity index (χ3n) is 3.68. The highest BCUT2D eigenvalue weighted by Crippen LogP contribution is 2.13. The quantitative estimate of drug-likeness (QED) is 0.591. The molecule has 0 aliphatic heterocycles. The van der Waals surface area contributed by atoms with E-state index in [9.17, 15) is 13.2 Å². The standard InChI is InChI=1S/C18H21N5O4S/c1-13(2)27-17-4-3-14(12-20-17)18(24)19-8-10-28(25,26)22-15-6-9-23-16(11-15)5-7-21-23/h3-7,9,11-13,22H,8,10H2,1-2H3,(H,19,24). The summed E-state index contributed by atoms with van der Waals surface area (Å²) < 4.78 is 34.0. The van der Waals surface area contributed by atoms with Crippen LogP contribution in [0.5, 0.6) is 5.88 Å². The van der Waals surface area contributed by atoms with Gasteiger partial charge in [-0.05, 0) is 38.1 Å². The van der Waals surface area contributed by atoms with Crippen molar-refractivity contribution in [3.8, 4) is 5.88 Å². The number of sulfonamides is 1. The second-order valence-corrected chi connectivity index (χ2v) is 8.19. The molecule has 1 amide bonds. The molecule has 0 saturated heterocycles. The Morgan fingerprint density at radius 2 is 2.07 bits per heavy atom. The van der Waals surface area contributed by atoms with E-state index in [1.165, 1.54) is 6.20 Å². The smallest absolute Gasteiger partial charge is 0.252 e. The van der Waals surface area contributed by atoms with Crippen LogP contribution in [-0.2, 0) is 10.0 Å². The lowest BCUT2D eigenvalue weighted by molar-refractivity contribution is 0.0955. The number of hydrogen-bond acceptors (Lipinski definition) is 6. The minimum absolute atomic E-state index is 0.0143. The van der Waals surface area contributed by atoms with Gasteiger partial charge in [0.2, 0.25) is 15.9 Å². The zero-order valence-electron chi connectivity index (χ0n) is 15.5. The summed E-state index contributed by atoms with van der Waals surface area (Å²) in [5.74, 6) is -0.238. The largest absolute Gasteiger partial charge is 0.475 e. The molecule has 0 fully saturated rings. The lowest BCUT2D eigenvalue weighted by Gasteiger charge is -2.10. The van der Waals surface area contributed by atoms with Gasteiger partial charge in [-0.25, -0.2) is 17.9 Å². The zero-order valence-corrected chi connectivity index (χ0v) is 16.3. The number of fused-ring (bicyclic) bond motifs is 1. The van der Waals surface area contributed by atoms with Gasteiger partial charge in [-0.15, -0.1) is 0 Å². The van der Waals surface area contributed by atoms with Crippen molar-refractivity contribution in [1.82, 2.24) is 19.9 Å². The van der Waals surface area contributed by atoms with E-state index in [4.69, 9.17) is 4.74 Å². The molecular formula is C18H21N5O4S. The van der Waals surface area contributed by atoms with Gasteiger partial charge < -0.3 is 10.1 Å². The molecule has 0 aliphatic carbocycles. The van der Waals surface area contributed by atoms with Crippen LogP contribution in [0, 0.1) is 0 Å². The van der Waals surface area contributed by atoms with Gasteiger partial charge in [-0.1, -0.05) is 0 Å². The number of anilines is 1. The molecule has 0 aromatic carbocycles. The fourth-order valence-electron chi connectivity index (χ4n) is 2.44. The second-order valence-electron chi connectivity index (χ2n) is 6.34. The molecular weight excluding hydrogens is 382 g/mol. The first-order valence-electron chi connectivity index (χ1n) is 8.67. The molecule has 148 valence electrons. The number of ether oxygens (including phenoxy) is 1. The second kappa shape index (κ2) is 8.26. The Morgan fingerprint density at radius 3 is 2.79 bits per heavy atom. The first kappa shape index (κ1) is 19.6. The van der Waals surface area contributed by atoms with Crippen molar-refractivity contribution in [1.29, 1.82) is 0 Å². The Balaban J connectivity index is 1.52. The molecule has 3 rings (SSSR count). The van der Waals surface area contributed by atoms with Crippen molar-refractivity contribution >= 4 is 27.1 Å². The first-order valence-corrected chi connectivity index (χ1v) is 10.3. The minimum Gasteiger partial charge on any atom is -0.475 e. The van der Waals surface area contributed by atoms with Crippen LogP contribution in [0.15, 0.2) is 48.9 Å². The van der Waals surface area contributed by atoms with E-state index in [0.717, 1.165) is 5.52 Å². The summed E-state index contributed by atoms with van der Waals surface area (Å²) in [4.78, 5) is 16.2. The number of amides is 1. The summed E-state index contributed by atoms with van der Waals surface area (Å²) in [6.07, 6.45) is 4.66. The maximum atomic E-state index is 12.2. The van der Waals surface area contributed by atoms with Crippen LogP contribution in [0.4, 0.5) is 5.69 Å². The molecule has 9 nitrogen and oxygen atoms in total. The third kappa shape index (κ3) is 5.19. The van der Waals surface area contributed by atoms with E-state index < -0.39 is 15.9 Å². The Kier molecular flexibility index (Phi) is 5.78. The average Bonchev–Trinajstić information content (AvgIpc) is 3.09. The highest BCUT2D eigenvalue weighted by molar-refractivity contribution is 7.92. The van der Waals surface area contributed by atoms with Gasteiger partial charge in [0.05, 0.1) is 28.6 Å². The number of nitrogens with zero attached hydrogens (tertiary/aromatic N) is 3. The topological polar surface area (TPSA) is 115 Å². The van der Waals surface area contributed by atoms with Gasteiger partial charge in [0.15, 0.2) is 0 Å². The Hall–Kier alpha value is -3.14. The van der Waals surface area contributed by atoms with Crippen LogP contribution in [-0.4, -0.2) is 47.3 Å². The maximum absolute atomic E-state index is 12.2. The number of rotatable bonds is 8. The van der Waals surface area contributed by atoms with Gasteiger partial charge >= 0.3 is 0 Å². The van der Waals surface area contributed by atoms with E-state index in [1.54, 1.807) is 47.2 Å². The Morgan fingerprint density at radius 1 is 1.25 bits per heavy atom. The zero-order chi connectivity index (χ0) is 20.1. The normalized spacial score (nSPS) is 11.5. The third-order valence-corrected chi connectivity index (χ3v) is 4.97. The lowest BCUT2D eigenvalue weighted by Crippen LogP contribution is -2.31. The summed E-state index contributed by atoms with van der Waals surface area (Å²) in [6.45, 7) is 3.72. The van der Waals surface area contributed by atoms with Gasteiger partial charge in [0, 0.05) is 31.2 Å². The summed E-state index contributed by atoms with van der Waals surface area (Å²) in [6, 6.07) is 8.23. The van der Waals surface area contributed by atoms with Crippen LogP contribution in [0.1, 0.15) is 24.2 Å². The molecule has 0 saturated carbocycles. The number of hydrogen-bond donors (Lipinski definition) is 2. The van der Waals surface area contributed by atoms with Crippen molar-refractivity contribution < 1.29 is 17.9 Å². The molecule has 0 atom stereocenters. The monoisotopic (exact) mass is 403 g/mol. The molecule has 28 heavy (non-hydrogen) atoms. The molecule has 0 bridgehead atoms. The van der Waals surface area contributed by atoms with Crippen LogP contribution < -0.4 is 14.8 Å². The lowest BCUT2D eigenvalue weighted by atomic mass is 10.2. The molecule has 3 heterocycles. The Labute approximate surface area is 162 Å². The van der Waals surface area contributed by atoms with Crippen molar-refractivity contribution in [3.63, 3.8) is 0 Å². The average molecular weight is 403 g/mol.